The van der Waals surface area contributed by atoms with E-state index >= 15 is 0 Å². The molecule has 1 atom stereocenters. The van der Waals surface area contributed by atoms with E-state index in [0.29, 0.717) is 6.42 Å². The Kier molecular flexibility index (Phi) is 5.60. The summed E-state index contributed by atoms with van der Waals surface area (Å²) in [5, 5.41) is -0.511. The van der Waals surface area contributed by atoms with E-state index in [-0.39, 0.29) is 6.04 Å². The van der Waals surface area contributed by atoms with Crippen LogP contribution in [0.5, 0.6) is 0 Å². The summed E-state index contributed by atoms with van der Waals surface area (Å²) in [6.07, 6.45) is 4.85. The van der Waals surface area contributed by atoms with Crippen molar-refractivity contribution in [3.8, 4) is 33.9 Å². The minimum Gasteiger partial charge on any atom is -0.337 e. The first-order valence-corrected chi connectivity index (χ1v) is 12.7. The highest BCUT2D eigenvalue weighted by atomic mass is 32.2. The van der Waals surface area contributed by atoms with Crippen LogP contribution in [0.15, 0.2) is 73.1 Å². The maximum absolute atomic E-state index is 12.8. The Bertz CT molecular complexity index is 1380. The molecule has 33 heavy (non-hydrogen) atoms. The molecule has 6 nitrogen and oxygen atoms in total. The second-order valence-corrected chi connectivity index (χ2v) is 10.6. The summed E-state index contributed by atoms with van der Waals surface area (Å²) in [5.74, 6) is 0.791. The van der Waals surface area contributed by atoms with Crippen LogP contribution >= 0.6 is 0 Å². The lowest BCUT2D eigenvalue weighted by Gasteiger charge is -2.16. The summed E-state index contributed by atoms with van der Waals surface area (Å²) in [6, 6.07) is 19.8. The van der Waals surface area contributed by atoms with Crippen molar-refractivity contribution in [2.75, 3.05) is 0 Å². The molecule has 1 aliphatic rings. The molecular formula is C26H26N4O2S. The Balaban J connectivity index is 1.58. The van der Waals surface area contributed by atoms with E-state index in [1.807, 2.05) is 68.4 Å². The number of benzene rings is 2. The number of aromatic nitrogens is 3. The molecule has 0 amide bonds. The van der Waals surface area contributed by atoms with Crippen molar-refractivity contribution in [3.05, 3.63) is 84.2 Å². The van der Waals surface area contributed by atoms with E-state index in [0.717, 1.165) is 51.5 Å². The first-order chi connectivity index (χ1) is 15.9. The summed E-state index contributed by atoms with van der Waals surface area (Å²) in [4.78, 5) is 12.6. The number of rotatable bonds is 6. The van der Waals surface area contributed by atoms with Gasteiger partial charge in [-0.1, -0.05) is 42.5 Å². The maximum Gasteiger partial charge on any atom is 0.218 e. The van der Waals surface area contributed by atoms with Crippen molar-refractivity contribution in [2.24, 2.45) is 0 Å². The Morgan fingerprint density at radius 3 is 2.45 bits per heavy atom. The topological polar surface area (TPSA) is 87.7 Å². The summed E-state index contributed by atoms with van der Waals surface area (Å²) < 4.78 is 28.4. The molecule has 0 fully saturated rings. The Morgan fingerprint density at radius 1 is 0.970 bits per heavy atom. The predicted octanol–water partition coefficient (Wildman–Crippen LogP) is 5.12. The second-order valence-electron chi connectivity index (χ2n) is 8.67. The number of hydrogen-bond acceptors (Lipinski definition) is 4. The Labute approximate surface area is 194 Å². The number of pyridine rings is 1. The van der Waals surface area contributed by atoms with Gasteiger partial charge in [-0.2, -0.15) is 0 Å². The van der Waals surface area contributed by atoms with Crippen molar-refractivity contribution >= 4 is 10.0 Å². The van der Waals surface area contributed by atoms with E-state index in [1.54, 1.807) is 12.4 Å². The van der Waals surface area contributed by atoms with Crippen LogP contribution < -0.4 is 4.72 Å². The molecule has 0 saturated heterocycles. The van der Waals surface area contributed by atoms with Gasteiger partial charge in [0, 0.05) is 35.1 Å². The van der Waals surface area contributed by atoms with Crippen LogP contribution in [-0.4, -0.2) is 29.4 Å². The van der Waals surface area contributed by atoms with Crippen LogP contribution in [0.4, 0.5) is 0 Å². The van der Waals surface area contributed by atoms with Crippen LogP contribution in [0.25, 0.3) is 33.9 Å². The molecule has 0 aliphatic heterocycles. The molecule has 168 valence electrons. The second kappa shape index (κ2) is 8.57. The van der Waals surface area contributed by atoms with Crippen LogP contribution in [0, 0.1) is 0 Å². The van der Waals surface area contributed by atoms with Crippen molar-refractivity contribution in [1.82, 2.24) is 19.7 Å². The highest BCUT2D eigenvalue weighted by molar-refractivity contribution is 7.89. The molecule has 2 heterocycles. The number of aryl methyl sites for hydroxylation is 1. The average molecular weight is 459 g/mol. The Hall–Kier alpha value is -3.29. The zero-order valence-corrected chi connectivity index (χ0v) is 19.4. The zero-order valence-electron chi connectivity index (χ0n) is 18.6. The molecule has 2 aromatic heterocycles. The first kappa shape index (κ1) is 21.6. The molecule has 5 rings (SSSR count). The van der Waals surface area contributed by atoms with Gasteiger partial charge in [0.25, 0.3) is 0 Å². The summed E-state index contributed by atoms with van der Waals surface area (Å²) in [6.45, 7) is 3.69. The van der Waals surface area contributed by atoms with Crippen molar-refractivity contribution in [3.63, 3.8) is 0 Å². The molecule has 2 N–H and O–H groups in total. The minimum absolute atomic E-state index is 0.123. The van der Waals surface area contributed by atoms with Crippen LogP contribution in [0.1, 0.15) is 36.6 Å². The largest absolute Gasteiger partial charge is 0.337 e. The lowest BCUT2D eigenvalue weighted by molar-refractivity contribution is 0.554. The fourth-order valence-corrected chi connectivity index (χ4v) is 6.31. The van der Waals surface area contributed by atoms with Gasteiger partial charge in [-0.15, -0.1) is 0 Å². The van der Waals surface area contributed by atoms with Gasteiger partial charge < -0.3 is 4.98 Å². The molecular weight excluding hydrogens is 432 g/mol. The summed E-state index contributed by atoms with van der Waals surface area (Å²) in [5.41, 5.74) is 6.68. The van der Waals surface area contributed by atoms with E-state index in [4.69, 9.17) is 4.98 Å². The van der Waals surface area contributed by atoms with Gasteiger partial charge in [0.2, 0.25) is 10.0 Å². The zero-order chi connectivity index (χ0) is 23.0. The number of aromatic amines is 1. The fourth-order valence-electron chi connectivity index (χ4n) is 4.50. The molecule has 7 heteroatoms. The molecule has 0 spiro atoms. The third-order valence-corrected chi connectivity index (χ3v) is 7.97. The van der Waals surface area contributed by atoms with E-state index in [2.05, 4.69) is 20.8 Å². The molecule has 2 aromatic carbocycles. The molecule has 0 saturated carbocycles. The molecule has 0 bridgehead atoms. The number of nitrogens with one attached hydrogen (secondary N) is 2. The number of nitrogens with zero attached hydrogens (tertiary/aromatic N) is 2. The SMILES string of the molecule is CC(C)NS(=O)(=O)C1CCc2cc(-c3nc(-c4ccccc4)[nH]c3-c3ccncc3)ccc21. The number of H-pyrrole nitrogens is 1. The fraction of sp³-hybridized carbons (Fsp3) is 0.231. The van der Waals surface area contributed by atoms with Gasteiger partial charge in [-0.25, -0.2) is 18.1 Å². The molecule has 1 unspecified atom stereocenters. The highest BCUT2D eigenvalue weighted by Crippen LogP contribution is 2.40. The van der Waals surface area contributed by atoms with Crippen molar-refractivity contribution < 1.29 is 8.42 Å². The lowest BCUT2D eigenvalue weighted by atomic mass is 10.0. The highest BCUT2D eigenvalue weighted by Gasteiger charge is 2.34. The van der Waals surface area contributed by atoms with Gasteiger partial charge in [0.1, 0.15) is 11.1 Å². The normalized spacial score (nSPS) is 15.7. The Morgan fingerprint density at radius 2 is 1.73 bits per heavy atom. The van der Waals surface area contributed by atoms with Crippen LogP contribution in [-0.2, 0) is 16.4 Å². The third kappa shape index (κ3) is 4.21. The van der Waals surface area contributed by atoms with Crippen molar-refractivity contribution in [2.45, 2.75) is 38.0 Å². The molecule has 1 aliphatic carbocycles. The number of sulfonamides is 1. The van der Waals surface area contributed by atoms with Gasteiger partial charge in [-0.05, 0) is 56.0 Å². The third-order valence-electron chi connectivity index (χ3n) is 5.93. The monoisotopic (exact) mass is 458 g/mol. The smallest absolute Gasteiger partial charge is 0.218 e. The standard InChI is InChI=1S/C26H26N4O2S/c1-17(2)30-33(31,32)23-11-9-20-16-21(8-10-22(20)23)25-24(18-12-14-27-15-13-18)28-26(29-25)19-6-4-3-5-7-19/h3-8,10,12-17,23,30H,9,11H2,1-2H3,(H,28,29). The minimum atomic E-state index is -3.41. The van der Waals surface area contributed by atoms with Gasteiger partial charge in [0.15, 0.2) is 0 Å². The summed E-state index contributed by atoms with van der Waals surface area (Å²) in [7, 11) is -3.41. The first-order valence-electron chi connectivity index (χ1n) is 11.1. The van der Waals surface area contributed by atoms with Gasteiger partial charge in [-0.3, -0.25) is 4.98 Å². The number of hydrogen-bond donors (Lipinski definition) is 2. The van der Waals surface area contributed by atoms with Crippen LogP contribution in [0.3, 0.4) is 0 Å². The van der Waals surface area contributed by atoms with E-state index in [1.165, 1.54) is 0 Å². The lowest BCUT2D eigenvalue weighted by Crippen LogP contribution is -2.33. The number of fused-ring (bicyclic) bond motifs is 1. The quantitative estimate of drug-likeness (QED) is 0.420. The number of imidazole rings is 1. The summed E-state index contributed by atoms with van der Waals surface area (Å²) >= 11 is 0. The average Bonchev–Trinajstić information content (AvgIpc) is 3.44. The van der Waals surface area contributed by atoms with Gasteiger partial charge in [0.05, 0.1) is 11.4 Å². The van der Waals surface area contributed by atoms with Crippen LogP contribution in [0.2, 0.25) is 0 Å². The van der Waals surface area contributed by atoms with E-state index in [9.17, 15) is 8.42 Å². The maximum atomic E-state index is 12.8. The van der Waals surface area contributed by atoms with E-state index < -0.39 is 15.3 Å². The molecule has 0 radical (unpaired) electrons. The van der Waals surface area contributed by atoms with Crippen molar-refractivity contribution in [1.29, 1.82) is 0 Å². The molecule has 4 aromatic rings. The predicted molar refractivity (Wildman–Crippen MR) is 131 cm³/mol. The van der Waals surface area contributed by atoms with Gasteiger partial charge >= 0.3 is 0 Å².